The third-order valence-electron chi connectivity index (χ3n) is 12.9. The third kappa shape index (κ3) is 10.4. The summed E-state index contributed by atoms with van der Waals surface area (Å²) in [7, 11) is 0. The van der Waals surface area contributed by atoms with Crippen molar-refractivity contribution in [3.63, 3.8) is 0 Å². The molecule has 2 N–H and O–H groups in total. The zero-order valence-corrected chi connectivity index (χ0v) is 41.1. The average Bonchev–Trinajstić information content (AvgIpc) is 3.23. The maximum atomic E-state index is 15.6. The molecule has 1 saturated carbocycles. The maximum absolute atomic E-state index is 15.6. The van der Waals surface area contributed by atoms with Gasteiger partial charge in [0.15, 0.2) is 17.5 Å². The van der Waals surface area contributed by atoms with E-state index in [1.54, 1.807) is 71.0 Å². The van der Waals surface area contributed by atoms with Gasteiger partial charge in [0, 0.05) is 31.6 Å². The number of ketones is 1. The number of rotatable bonds is 11. The Morgan fingerprint density at radius 2 is 1.53 bits per heavy atom. The Kier molecular flexibility index (Phi) is 14.8. The molecule has 1 saturated heterocycles. The lowest BCUT2D eigenvalue weighted by atomic mass is 9.45. The Morgan fingerprint density at radius 1 is 0.912 bits per heavy atom. The summed E-state index contributed by atoms with van der Waals surface area (Å²) in [4.78, 5) is 97.8. The Labute approximate surface area is 408 Å². The fourth-order valence-electron chi connectivity index (χ4n) is 9.83. The zero-order valence-electron chi connectivity index (χ0n) is 38.8. The van der Waals surface area contributed by atoms with E-state index in [9.17, 15) is 33.9 Å². The molecule has 368 valence electrons. The van der Waals surface area contributed by atoms with Crippen molar-refractivity contribution in [2.75, 3.05) is 13.2 Å². The number of ether oxygens (including phenoxy) is 8. The van der Waals surface area contributed by atoms with Crippen molar-refractivity contribution in [1.29, 1.82) is 0 Å². The number of nitrogens with one attached hydrogen (secondary N) is 1. The van der Waals surface area contributed by atoms with Crippen LogP contribution in [0.25, 0.3) is 0 Å². The lowest BCUT2D eigenvalue weighted by molar-refractivity contribution is -0.311. The number of carbonyl (C=O) groups is 7. The van der Waals surface area contributed by atoms with Crippen LogP contribution in [0.1, 0.15) is 90.7 Å². The number of alkyl carbamates (subject to hydrolysis) is 1. The molecule has 1 amide bonds. The molecule has 20 heteroatoms. The van der Waals surface area contributed by atoms with E-state index < -0.39 is 129 Å². The van der Waals surface area contributed by atoms with Crippen LogP contribution in [0.2, 0.25) is 0 Å². The number of amides is 1. The number of hydrogen-bond acceptors (Lipinski definition) is 16. The molecule has 2 bridgehead atoms. The Morgan fingerprint density at radius 3 is 2.07 bits per heavy atom. The normalized spacial score (nSPS) is 29.1. The minimum absolute atomic E-state index is 0.0628. The molecule has 0 radical (unpaired) electrons. The van der Waals surface area contributed by atoms with Gasteiger partial charge in [-0.15, -0.1) is 0 Å². The van der Waals surface area contributed by atoms with Gasteiger partial charge in [0.05, 0.1) is 23.5 Å². The van der Waals surface area contributed by atoms with Gasteiger partial charge < -0.3 is 48.3 Å². The third-order valence-corrected chi connectivity index (χ3v) is 13.2. The number of Topliss-reactive ketones (excluding diaryl/α,β-unsaturated/α-hetero) is 1. The maximum Gasteiger partial charge on any atom is 0.509 e. The van der Waals surface area contributed by atoms with E-state index in [2.05, 4.69) is 5.32 Å². The van der Waals surface area contributed by atoms with Crippen LogP contribution in [0.4, 0.5) is 9.59 Å². The van der Waals surface area contributed by atoms with Gasteiger partial charge in [0.25, 0.3) is 0 Å². The van der Waals surface area contributed by atoms with E-state index in [1.807, 2.05) is 0 Å². The summed E-state index contributed by atoms with van der Waals surface area (Å²) in [6, 6.07) is 14.1. The molecule has 17 nitrogen and oxygen atoms in total. The topological polar surface area (TPSA) is 226 Å². The molecule has 1 aliphatic heterocycles. The zero-order chi connectivity index (χ0) is 50.4. The number of carbonyl (C=O) groups excluding carboxylic acids is 7. The molecule has 2 aromatic carbocycles. The molecule has 1 heterocycles. The number of benzene rings is 2. The van der Waals surface area contributed by atoms with Crippen LogP contribution in [0.5, 0.6) is 0 Å². The van der Waals surface area contributed by atoms with E-state index >= 15 is 4.79 Å². The smallest absolute Gasteiger partial charge is 0.455 e. The standard InChI is InChI=1S/C48H54Cl3NO16/c1-25-30(64-40(57)35(65-42(59)62-24-48(49,50)51)33(28-16-12-10-13-17-28)52-41(58)68-43(4,5)6)22-47(60)38(66-39(56)29-18-14-11-15-19-29)36-45(9,21-20-31-46(36,23-61-31)67-27(3)54)37(55)34(63-26(2)53)32(25)44(47,7)8/h10-21,31-36,38,60H,22-24H2,1-9H3,(H,52,58)/t31-,32?,33+,34-,35-,36+,38+,45-,46+,47-/m1/s1. The minimum atomic E-state index is -2.42. The number of hydrogen-bond donors (Lipinski definition) is 2. The Balaban J connectivity index is 1.56. The van der Waals surface area contributed by atoms with Crippen molar-refractivity contribution in [1.82, 2.24) is 5.32 Å². The molecular weight excluding hydrogens is 953 g/mol. The van der Waals surface area contributed by atoms with Gasteiger partial charge in [-0.25, -0.2) is 19.2 Å². The second-order valence-electron chi connectivity index (χ2n) is 19.0. The number of alkyl halides is 3. The molecular formula is C48H54Cl3NO16. The average molecular weight is 1010 g/mol. The highest BCUT2D eigenvalue weighted by molar-refractivity contribution is 6.67. The van der Waals surface area contributed by atoms with E-state index in [1.165, 1.54) is 50.3 Å². The number of fused-ring (bicyclic) bond motifs is 5. The molecule has 2 aromatic rings. The number of allylic oxidation sites excluding steroid dienone is 1. The largest absolute Gasteiger partial charge is 0.509 e. The summed E-state index contributed by atoms with van der Waals surface area (Å²) >= 11 is 17.5. The second-order valence-corrected chi connectivity index (χ2v) is 21.6. The summed E-state index contributed by atoms with van der Waals surface area (Å²) in [6.07, 6.45) is -6.84. The van der Waals surface area contributed by atoms with Gasteiger partial charge in [0.1, 0.15) is 41.8 Å². The number of esters is 4. The Hall–Kier alpha value is -5.20. The summed E-state index contributed by atoms with van der Waals surface area (Å²) in [5.41, 5.74) is -8.27. The van der Waals surface area contributed by atoms with Crippen LogP contribution in [0, 0.1) is 22.7 Å². The lowest BCUT2D eigenvalue weighted by Crippen LogP contribution is -2.79. The van der Waals surface area contributed by atoms with Crippen molar-refractivity contribution in [3.05, 3.63) is 95.3 Å². The van der Waals surface area contributed by atoms with Crippen molar-refractivity contribution in [3.8, 4) is 0 Å². The van der Waals surface area contributed by atoms with Crippen LogP contribution in [0.15, 0.2) is 84.1 Å². The molecule has 6 rings (SSSR count). The van der Waals surface area contributed by atoms with Crippen LogP contribution in [-0.4, -0.2) is 105 Å². The first-order valence-corrected chi connectivity index (χ1v) is 22.7. The SMILES string of the molecule is CC(=O)O[C@H]1C(=O)[C@]2(C)C=C[C@H]3OC[C@@]3(OC(C)=O)[C@H]2[C@H](OC(=O)c2ccccc2)[C@]2(O)CC(OC(=O)[C@H](OC(=O)OCC(Cl)(Cl)Cl)[C@@H](NC(=O)OC(C)(C)C)c3ccccc3)=C(C)C1C2(C)C. The Bertz CT molecular complexity index is 2380. The molecule has 2 fully saturated rings. The van der Waals surface area contributed by atoms with Crippen LogP contribution in [-0.2, 0) is 57.1 Å². The molecule has 4 aliphatic rings. The monoisotopic (exact) mass is 1010 g/mol. The van der Waals surface area contributed by atoms with Crippen LogP contribution in [0.3, 0.4) is 0 Å². The predicted octanol–water partition coefficient (Wildman–Crippen LogP) is 7.37. The van der Waals surface area contributed by atoms with Crippen molar-refractivity contribution in [2.24, 2.45) is 22.7 Å². The highest BCUT2D eigenvalue weighted by Gasteiger charge is 2.76. The quantitative estimate of drug-likeness (QED) is 0.0970. The molecule has 68 heavy (non-hydrogen) atoms. The molecule has 0 spiro atoms. The van der Waals surface area contributed by atoms with Crippen molar-refractivity contribution < 1.29 is 76.6 Å². The predicted molar refractivity (Wildman–Crippen MR) is 242 cm³/mol. The minimum Gasteiger partial charge on any atom is -0.455 e. The fourth-order valence-corrected chi connectivity index (χ4v) is 10.00. The highest BCUT2D eigenvalue weighted by Crippen LogP contribution is 2.64. The summed E-state index contributed by atoms with van der Waals surface area (Å²) in [6.45, 7) is 12.1. The van der Waals surface area contributed by atoms with Gasteiger partial charge in [-0.3, -0.25) is 14.4 Å². The second kappa shape index (κ2) is 19.3. The number of halogens is 3. The van der Waals surface area contributed by atoms with Gasteiger partial charge in [0.2, 0.25) is 9.90 Å². The summed E-state index contributed by atoms with van der Waals surface area (Å²) < 4.78 is 44.5. The van der Waals surface area contributed by atoms with Crippen LogP contribution < -0.4 is 5.32 Å². The van der Waals surface area contributed by atoms with E-state index in [0.717, 1.165) is 13.8 Å². The molecule has 1 unspecified atom stereocenters. The van der Waals surface area contributed by atoms with Gasteiger partial charge in [-0.2, -0.15) is 0 Å². The molecule has 10 atom stereocenters. The highest BCUT2D eigenvalue weighted by atomic mass is 35.6. The van der Waals surface area contributed by atoms with Crippen LogP contribution >= 0.6 is 34.8 Å². The van der Waals surface area contributed by atoms with E-state index in [4.69, 9.17) is 72.7 Å². The van der Waals surface area contributed by atoms with Gasteiger partial charge in [-0.1, -0.05) is 109 Å². The summed E-state index contributed by atoms with van der Waals surface area (Å²) in [5.74, 6) is -7.82. The molecule has 0 aromatic heterocycles. The van der Waals surface area contributed by atoms with Crippen molar-refractivity contribution >= 4 is 76.7 Å². The van der Waals surface area contributed by atoms with Gasteiger partial charge >= 0.3 is 36.1 Å². The lowest BCUT2D eigenvalue weighted by Gasteiger charge is -2.65. The fraction of sp³-hybridized carbons (Fsp3) is 0.521. The first-order valence-electron chi connectivity index (χ1n) is 21.6. The van der Waals surface area contributed by atoms with Crippen molar-refractivity contribution in [2.45, 2.75) is 120 Å². The number of aliphatic hydroxyl groups is 1. The van der Waals surface area contributed by atoms with E-state index in [0.29, 0.717) is 0 Å². The summed E-state index contributed by atoms with van der Waals surface area (Å²) in [5, 5.41) is 16.4. The molecule has 3 aliphatic carbocycles. The van der Waals surface area contributed by atoms with E-state index in [-0.39, 0.29) is 29.1 Å². The first kappa shape index (κ1) is 52.2. The first-order chi connectivity index (χ1) is 31.5. The van der Waals surface area contributed by atoms with Gasteiger partial charge in [-0.05, 0) is 57.9 Å².